The third-order valence-corrected chi connectivity index (χ3v) is 7.51. The van der Waals surface area contributed by atoms with Crippen LogP contribution in [0.3, 0.4) is 0 Å². The first-order valence-corrected chi connectivity index (χ1v) is 13.3. The van der Waals surface area contributed by atoms with Gasteiger partial charge in [-0.05, 0) is 37.5 Å². The number of nitriles is 2. The lowest BCUT2D eigenvalue weighted by atomic mass is 9.95. The highest BCUT2D eigenvalue weighted by Crippen LogP contribution is 2.34. The Kier molecular flexibility index (Phi) is 8.58. The number of amides is 1. The predicted octanol–water partition coefficient (Wildman–Crippen LogP) is 2.96. The fourth-order valence-electron chi connectivity index (χ4n) is 5.31. The molecular formula is C29H34N8O2. The average Bonchev–Trinajstić information content (AvgIpc) is 2.95. The van der Waals surface area contributed by atoms with Gasteiger partial charge in [0.05, 0.1) is 18.0 Å². The highest BCUT2D eigenvalue weighted by molar-refractivity contribution is 5.87. The smallest absolute Gasteiger partial charge is 0.349 e. The summed E-state index contributed by atoms with van der Waals surface area (Å²) in [5.74, 6) is 0.342. The number of rotatable bonds is 8. The van der Waals surface area contributed by atoms with Crippen molar-refractivity contribution < 1.29 is 4.79 Å². The number of anilines is 1. The monoisotopic (exact) mass is 526 g/mol. The van der Waals surface area contributed by atoms with Gasteiger partial charge in [0.2, 0.25) is 5.91 Å². The lowest BCUT2D eigenvalue weighted by Gasteiger charge is -2.49. The Morgan fingerprint density at radius 3 is 2.44 bits per heavy atom. The van der Waals surface area contributed by atoms with E-state index in [1.54, 1.807) is 19.2 Å². The SMILES string of the molecule is CC[C@H]1CN(C(C(=O)NCCC#N)c2ccc(C)cc2)[C@H](CC)CN1c1nc(=O)n(C)c2ccc(C#N)nc12. The molecule has 0 saturated carbocycles. The molecule has 1 fully saturated rings. The van der Waals surface area contributed by atoms with Crippen molar-refractivity contribution in [2.75, 3.05) is 24.5 Å². The van der Waals surface area contributed by atoms with Gasteiger partial charge in [-0.15, -0.1) is 0 Å². The van der Waals surface area contributed by atoms with E-state index >= 15 is 0 Å². The van der Waals surface area contributed by atoms with Crippen LogP contribution in [-0.2, 0) is 11.8 Å². The molecule has 1 aliphatic rings. The highest BCUT2D eigenvalue weighted by atomic mass is 16.2. The maximum atomic E-state index is 13.6. The molecule has 4 rings (SSSR count). The molecule has 202 valence electrons. The zero-order chi connectivity index (χ0) is 28.1. The van der Waals surface area contributed by atoms with Gasteiger partial charge in [0.1, 0.15) is 23.3 Å². The lowest BCUT2D eigenvalue weighted by Crippen LogP contribution is -2.61. The third kappa shape index (κ3) is 5.62. The number of benzene rings is 1. The lowest BCUT2D eigenvalue weighted by molar-refractivity contribution is -0.128. The first-order valence-electron chi connectivity index (χ1n) is 13.3. The van der Waals surface area contributed by atoms with Gasteiger partial charge in [-0.1, -0.05) is 43.7 Å². The van der Waals surface area contributed by atoms with Gasteiger partial charge in [0.15, 0.2) is 5.82 Å². The zero-order valence-electron chi connectivity index (χ0n) is 22.9. The van der Waals surface area contributed by atoms with Crippen LogP contribution in [0.15, 0.2) is 41.2 Å². The molecule has 1 amide bonds. The average molecular weight is 527 g/mol. The fraction of sp³-hybridized carbons (Fsp3) is 0.448. The van der Waals surface area contributed by atoms with Gasteiger partial charge >= 0.3 is 5.69 Å². The standard InChI is InChI=1S/C29H34N8O2/c1-5-22-18-37(27-25-24(35(4)29(39)34-27)13-12-21(16-31)33-25)23(6-2)17-36(22)26(28(38)32-15-7-14-30)20-10-8-19(3)9-11-20/h8-13,22-23,26H,5-7,15,17-18H2,1-4H3,(H,32,38)/t22-,23+,26?/m1/s1. The van der Waals surface area contributed by atoms with Gasteiger partial charge in [0.25, 0.3) is 0 Å². The molecule has 1 saturated heterocycles. The Bertz CT molecular complexity index is 1480. The number of aromatic nitrogens is 3. The van der Waals surface area contributed by atoms with E-state index in [1.807, 2.05) is 31.2 Å². The highest BCUT2D eigenvalue weighted by Gasteiger charge is 2.40. The number of fused-ring (bicyclic) bond motifs is 1. The number of nitrogens with zero attached hydrogens (tertiary/aromatic N) is 7. The fourth-order valence-corrected chi connectivity index (χ4v) is 5.31. The molecule has 0 spiro atoms. The molecule has 0 radical (unpaired) electrons. The van der Waals surface area contributed by atoms with Crippen molar-refractivity contribution in [1.29, 1.82) is 10.5 Å². The maximum absolute atomic E-state index is 13.6. The second kappa shape index (κ2) is 12.1. The summed E-state index contributed by atoms with van der Waals surface area (Å²) in [7, 11) is 1.65. The van der Waals surface area contributed by atoms with E-state index in [-0.39, 0.29) is 35.8 Å². The summed E-state index contributed by atoms with van der Waals surface area (Å²) in [6.45, 7) is 7.57. The predicted molar refractivity (Wildman–Crippen MR) is 149 cm³/mol. The quantitative estimate of drug-likeness (QED) is 0.443. The van der Waals surface area contributed by atoms with Gasteiger partial charge < -0.3 is 10.2 Å². The molecule has 1 unspecified atom stereocenters. The van der Waals surface area contributed by atoms with Crippen LogP contribution in [0.4, 0.5) is 5.82 Å². The van der Waals surface area contributed by atoms with Crippen LogP contribution in [0.5, 0.6) is 0 Å². The van der Waals surface area contributed by atoms with Crippen molar-refractivity contribution in [2.24, 2.45) is 7.05 Å². The second-order valence-electron chi connectivity index (χ2n) is 9.94. The molecule has 2 aromatic heterocycles. The molecule has 0 aliphatic carbocycles. The summed E-state index contributed by atoms with van der Waals surface area (Å²) in [5.41, 5.74) is 3.01. The zero-order valence-corrected chi connectivity index (χ0v) is 22.9. The van der Waals surface area contributed by atoms with Crippen LogP contribution in [0, 0.1) is 29.6 Å². The Morgan fingerprint density at radius 2 is 1.79 bits per heavy atom. The molecule has 3 atom stereocenters. The number of piperazine rings is 1. The van der Waals surface area contributed by atoms with Crippen LogP contribution in [-0.4, -0.2) is 57.1 Å². The molecular weight excluding hydrogens is 492 g/mol. The molecule has 1 N–H and O–H groups in total. The number of aryl methyl sites for hydroxylation is 2. The first kappa shape index (κ1) is 27.7. The molecule has 3 heterocycles. The normalized spacial score (nSPS) is 18.4. The molecule has 0 bridgehead atoms. The van der Waals surface area contributed by atoms with Crippen molar-refractivity contribution >= 4 is 22.8 Å². The van der Waals surface area contributed by atoms with Gasteiger partial charge in [-0.3, -0.25) is 14.3 Å². The summed E-state index contributed by atoms with van der Waals surface area (Å²) >= 11 is 0. The molecule has 1 aliphatic heterocycles. The van der Waals surface area contributed by atoms with E-state index < -0.39 is 6.04 Å². The summed E-state index contributed by atoms with van der Waals surface area (Å²) in [4.78, 5) is 39.7. The number of hydrogen-bond acceptors (Lipinski definition) is 8. The summed E-state index contributed by atoms with van der Waals surface area (Å²) in [6, 6.07) is 14.9. The van der Waals surface area contributed by atoms with E-state index in [9.17, 15) is 14.9 Å². The van der Waals surface area contributed by atoms with E-state index in [1.165, 1.54) is 4.57 Å². The summed E-state index contributed by atoms with van der Waals surface area (Å²) in [6.07, 6.45) is 1.76. The van der Waals surface area contributed by atoms with Crippen molar-refractivity contribution in [1.82, 2.24) is 24.8 Å². The van der Waals surface area contributed by atoms with Crippen molar-refractivity contribution in [3.05, 3.63) is 63.7 Å². The number of carbonyl (C=O) groups is 1. The molecule has 39 heavy (non-hydrogen) atoms. The Morgan fingerprint density at radius 1 is 1.08 bits per heavy atom. The number of carbonyl (C=O) groups excluding carboxylic acids is 1. The minimum absolute atomic E-state index is 0.0270. The Labute approximate surface area is 228 Å². The van der Waals surface area contributed by atoms with Gasteiger partial charge in [-0.2, -0.15) is 15.5 Å². The minimum Gasteiger partial charge on any atom is -0.353 e. The van der Waals surface area contributed by atoms with E-state index in [0.717, 1.165) is 24.0 Å². The topological polar surface area (TPSA) is 131 Å². The Balaban J connectivity index is 1.77. The largest absolute Gasteiger partial charge is 0.353 e. The minimum atomic E-state index is -0.526. The van der Waals surface area contributed by atoms with Crippen LogP contribution in [0.25, 0.3) is 11.0 Å². The number of hydrogen-bond donors (Lipinski definition) is 1. The van der Waals surface area contributed by atoms with Crippen molar-refractivity contribution in [2.45, 2.75) is 58.2 Å². The van der Waals surface area contributed by atoms with E-state index in [4.69, 9.17) is 5.26 Å². The number of pyridine rings is 1. The second-order valence-corrected chi connectivity index (χ2v) is 9.94. The number of nitrogens with one attached hydrogen (secondary N) is 1. The maximum Gasteiger partial charge on any atom is 0.349 e. The molecule has 3 aromatic rings. The summed E-state index contributed by atoms with van der Waals surface area (Å²) < 4.78 is 1.44. The van der Waals surface area contributed by atoms with E-state index in [0.29, 0.717) is 36.5 Å². The van der Waals surface area contributed by atoms with Crippen LogP contribution in [0.1, 0.15) is 56.0 Å². The summed E-state index contributed by atoms with van der Waals surface area (Å²) in [5, 5.41) is 21.4. The molecule has 10 heteroatoms. The van der Waals surface area contributed by atoms with Gasteiger partial charge in [-0.25, -0.2) is 9.78 Å². The first-order chi connectivity index (χ1) is 18.8. The Hall–Kier alpha value is -4.28. The van der Waals surface area contributed by atoms with Crippen LogP contribution in [0.2, 0.25) is 0 Å². The van der Waals surface area contributed by atoms with Crippen LogP contribution >= 0.6 is 0 Å². The third-order valence-electron chi connectivity index (χ3n) is 7.51. The van der Waals surface area contributed by atoms with Crippen molar-refractivity contribution in [3.63, 3.8) is 0 Å². The molecule has 10 nitrogen and oxygen atoms in total. The molecule has 1 aromatic carbocycles. The van der Waals surface area contributed by atoms with Crippen LogP contribution < -0.4 is 15.9 Å². The van der Waals surface area contributed by atoms with Gasteiger partial charge in [0, 0.05) is 38.8 Å². The van der Waals surface area contributed by atoms with Crippen molar-refractivity contribution in [3.8, 4) is 12.1 Å². The van der Waals surface area contributed by atoms with E-state index in [2.05, 4.69) is 51.1 Å².